The molecule has 0 saturated carbocycles. The van der Waals surface area contributed by atoms with Gasteiger partial charge in [-0.05, 0) is 67.8 Å². The average Bonchev–Trinajstić information content (AvgIpc) is 3.68. The van der Waals surface area contributed by atoms with Crippen LogP contribution in [0.25, 0.3) is 18.2 Å². The van der Waals surface area contributed by atoms with E-state index in [9.17, 15) is 29.0 Å². The van der Waals surface area contributed by atoms with Crippen LogP contribution in [-0.4, -0.2) is 24.9 Å². The van der Waals surface area contributed by atoms with Crippen LogP contribution in [0, 0.1) is 34.0 Å². The Balaban J connectivity index is 1.64. The highest BCUT2D eigenvalue weighted by atomic mass is 32.1. The van der Waals surface area contributed by atoms with E-state index < -0.39 is 34.3 Å². The van der Waals surface area contributed by atoms with Gasteiger partial charge in [-0.1, -0.05) is 63.1 Å². The van der Waals surface area contributed by atoms with Gasteiger partial charge in [0.1, 0.15) is 36.1 Å². The lowest BCUT2D eigenvalue weighted by atomic mass is 9.92. The number of rotatable bonds is 14. The molecule has 0 bridgehead atoms. The molecule has 1 unspecified atom stereocenters. The molecule has 3 aromatic rings. The highest BCUT2D eigenvalue weighted by molar-refractivity contribution is 7.13. The summed E-state index contributed by atoms with van der Waals surface area (Å²) in [7, 11) is 0. The number of alkyl halides is 3. The molecule has 6 nitrogen and oxygen atoms in total. The molecule has 0 N–H and O–H groups in total. The topological polar surface area (TPSA) is 93.1 Å². The van der Waals surface area contributed by atoms with Crippen molar-refractivity contribution in [3.63, 3.8) is 0 Å². The van der Waals surface area contributed by atoms with Crippen molar-refractivity contribution in [3.05, 3.63) is 110 Å². The van der Waals surface area contributed by atoms with Crippen LogP contribution in [0.4, 0.5) is 18.9 Å². The van der Waals surface area contributed by atoms with Crippen molar-refractivity contribution >= 4 is 35.3 Å². The quantitative estimate of drug-likeness (QED) is 0.157. The molecule has 0 fully saturated rings. The standard InChI is InChI=1S/C39H37F3N4O2S/c1-4-6-21-46(22-7-5-2)31-15-13-29(36(23-31)47-27-28-11-9-8-10-12-28)14-16-32-17-18-33(49-32)19-20-35-34(26-45)37(30(24-43)25-44)48-38(35,3)39(40,41)42/h8-20,23H,4-7,21-22,27H2,1-3H3/b16-14+,20-19+. The van der Waals surface area contributed by atoms with Crippen molar-refractivity contribution in [1.29, 1.82) is 15.8 Å². The molecule has 0 amide bonds. The number of anilines is 1. The summed E-state index contributed by atoms with van der Waals surface area (Å²) in [4.78, 5) is 3.88. The minimum atomic E-state index is -4.92. The maximum absolute atomic E-state index is 14.2. The van der Waals surface area contributed by atoms with E-state index in [4.69, 9.17) is 9.47 Å². The molecule has 0 radical (unpaired) electrons. The van der Waals surface area contributed by atoms with E-state index in [-0.39, 0.29) is 0 Å². The predicted octanol–water partition coefficient (Wildman–Crippen LogP) is 10.4. The monoisotopic (exact) mass is 682 g/mol. The molecule has 2 heterocycles. The van der Waals surface area contributed by atoms with E-state index in [0.717, 1.165) is 73.1 Å². The maximum atomic E-state index is 14.2. The number of halogens is 3. The molecule has 49 heavy (non-hydrogen) atoms. The first kappa shape index (κ1) is 36.6. The van der Waals surface area contributed by atoms with Gasteiger partial charge in [-0.25, -0.2) is 0 Å². The largest absolute Gasteiger partial charge is 0.488 e. The third kappa shape index (κ3) is 8.82. The number of hydrogen-bond acceptors (Lipinski definition) is 7. The number of nitriles is 3. The fourth-order valence-corrected chi connectivity index (χ4v) is 6.02. The molecule has 1 atom stereocenters. The molecule has 1 aliphatic rings. The zero-order valence-corrected chi connectivity index (χ0v) is 28.5. The van der Waals surface area contributed by atoms with Gasteiger partial charge in [0, 0.05) is 45.7 Å². The van der Waals surface area contributed by atoms with Crippen molar-refractivity contribution in [1.82, 2.24) is 0 Å². The van der Waals surface area contributed by atoms with Crippen LogP contribution in [0.5, 0.6) is 5.75 Å². The van der Waals surface area contributed by atoms with Crippen molar-refractivity contribution in [2.45, 2.75) is 64.8 Å². The van der Waals surface area contributed by atoms with Crippen molar-refractivity contribution in [2.24, 2.45) is 0 Å². The van der Waals surface area contributed by atoms with E-state index in [2.05, 4.69) is 30.9 Å². The van der Waals surface area contributed by atoms with Crippen LogP contribution >= 0.6 is 11.3 Å². The number of hydrogen-bond donors (Lipinski definition) is 0. The third-order valence-corrected chi connectivity index (χ3v) is 9.09. The van der Waals surface area contributed by atoms with Crippen LogP contribution in [-0.2, 0) is 11.3 Å². The summed E-state index contributed by atoms with van der Waals surface area (Å²) in [6.45, 7) is 7.49. The molecule has 0 spiro atoms. The molecular formula is C39H37F3N4O2S. The number of benzene rings is 2. The van der Waals surface area contributed by atoms with Gasteiger partial charge in [0.05, 0.1) is 0 Å². The second-order valence-corrected chi connectivity index (χ2v) is 12.7. The van der Waals surface area contributed by atoms with E-state index in [1.165, 1.54) is 35.6 Å². The Bertz CT molecular complexity index is 1850. The second-order valence-electron chi connectivity index (χ2n) is 11.6. The van der Waals surface area contributed by atoms with Crippen LogP contribution in [0.1, 0.15) is 67.3 Å². The highest BCUT2D eigenvalue weighted by Crippen LogP contribution is 2.49. The van der Waals surface area contributed by atoms with Crippen molar-refractivity contribution < 1.29 is 22.6 Å². The number of unbranched alkanes of at least 4 members (excludes halogenated alkanes) is 2. The van der Waals surface area contributed by atoms with Gasteiger partial charge in [0.2, 0.25) is 5.60 Å². The summed E-state index contributed by atoms with van der Waals surface area (Å²) in [5.74, 6) is 0.0748. The Kier molecular flexibility index (Phi) is 12.5. The molecular weight excluding hydrogens is 646 g/mol. The predicted molar refractivity (Wildman–Crippen MR) is 188 cm³/mol. The molecule has 10 heteroatoms. The van der Waals surface area contributed by atoms with Crippen LogP contribution < -0.4 is 9.64 Å². The van der Waals surface area contributed by atoms with Crippen LogP contribution in [0.2, 0.25) is 0 Å². The molecule has 2 aromatic carbocycles. The number of allylic oxidation sites excluding steroid dienone is 2. The molecule has 4 rings (SSSR count). The lowest BCUT2D eigenvalue weighted by molar-refractivity contribution is -0.236. The Morgan fingerprint density at radius 1 is 0.898 bits per heavy atom. The van der Waals surface area contributed by atoms with Gasteiger partial charge in [-0.2, -0.15) is 29.0 Å². The van der Waals surface area contributed by atoms with Gasteiger partial charge in [-0.15, -0.1) is 11.3 Å². The van der Waals surface area contributed by atoms with E-state index in [0.29, 0.717) is 11.5 Å². The maximum Gasteiger partial charge on any atom is 0.432 e. The minimum absolute atomic E-state index is 0.408. The number of nitrogens with zero attached hydrogens (tertiary/aromatic N) is 4. The minimum Gasteiger partial charge on any atom is -0.488 e. The lowest BCUT2D eigenvalue weighted by Crippen LogP contribution is -2.43. The molecule has 252 valence electrons. The Hall–Kier alpha value is -5.24. The summed E-state index contributed by atoms with van der Waals surface area (Å²) < 4.78 is 54.1. The zero-order chi connectivity index (χ0) is 35.4. The summed E-state index contributed by atoms with van der Waals surface area (Å²) in [5, 5.41) is 28.2. The fourth-order valence-electron chi connectivity index (χ4n) is 5.21. The molecule has 0 aliphatic carbocycles. The van der Waals surface area contributed by atoms with Gasteiger partial charge in [0.15, 0.2) is 11.3 Å². The normalized spacial score (nSPS) is 16.0. The van der Waals surface area contributed by atoms with Crippen molar-refractivity contribution in [3.8, 4) is 24.0 Å². The van der Waals surface area contributed by atoms with Crippen LogP contribution in [0.15, 0.2) is 89.2 Å². The van der Waals surface area contributed by atoms with Gasteiger partial charge in [0.25, 0.3) is 0 Å². The van der Waals surface area contributed by atoms with E-state index in [1.807, 2.05) is 54.6 Å². The van der Waals surface area contributed by atoms with Crippen molar-refractivity contribution in [2.75, 3.05) is 18.0 Å². The molecule has 1 aromatic heterocycles. The molecule has 1 aliphatic heterocycles. The molecule has 0 saturated heterocycles. The highest BCUT2D eigenvalue weighted by Gasteiger charge is 2.60. The first-order valence-electron chi connectivity index (χ1n) is 16.1. The van der Waals surface area contributed by atoms with E-state index >= 15 is 0 Å². The van der Waals surface area contributed by atoms with Gasteiger partial charge < -0.3 is 14.4 Å². The number of ether oxygens (including phenoxy) is 2. The smallest absolute Gasteiger partial charge is 0.432 e. The van der Waals surface area contributed by atoms with Gasteiger partial charge in [-0.3, -0.25) is 0 Å². The summed E-state index contributed by atoms with van der Waals surface area (Å²) >= 11 is 1.34. The van der Waals surface area contributed by atoms with E-state index in [1.54, 1.807) is 12.1 Å². The number of thiophene rings is 1. The van der Waals surface area contributed by atoms with Crippen LogP contribution in [0.3, 0.4) is 0 Å². The zero-order valence-electron chi connectivity index (χ0n) is 27.7. The third-order valence-electron chi connectivity index (χ3n) is 8.07. The SMILES string of the molecule is CCCCN(CCCC)c1ccc(/C=C/c2ccc(/C=C/C3=C(C#N)C(=C(C#N)C#N)OC3(C)C(F)(F)F)s2)c(OCc2ccccc2)c1. The second kappa shape index (κ2) is 16.7. The lowest BCUT2D eigenvalue weighted by Gasteiger charge is -2.28. The fraction of sp³-hybridized carbons (Fsp3) is 0.308. The Labute approximate surface area is 289 Å². The Morgan fingerprint density at radius 2 is 1.53 bits per heavy atom. The average molecular weight is 683 g/mol. The summed E-state index contributed by atoms with van der Waals surface area (Å²) in [6, 6.07) is 24.5. The summed E-state index contributed by atoms with van der Waals surface area (Å²) in [6.07, 6.45) is 5.98. The Morgan fingerprint density at radius 3 is 2.10 bits per heavy atom. The first-order chi connectivity index (χ1) is 23.6. The van der Waals surface area contributed by atoms with Gasteiger partial charge >= 0.3 is 6.18 Å². The summed E-state index contributed by atoms with van der Waals surface area (Å²) in [5.41, 5.74) is -1.54. The first-order valence-corrected chi connectivity index (χ1v) is 16.9.